The number of nitrogens with one attached hydrogen (secondary N) is 1. The van der Waals surface area contributed by atoms with Crippen LogP contribution < -0.4 is 28.8 Å². The molecule has 0 aliphatic rings. The standard InChI is InChI=1S/C21H26NO9P/c1-25-15-12-18(27-3)16(19(13-15)28-4)8-10-21(23)22-14-7-9-17(26-2)20(11-14)31-32(24,29-5)30-6/h7-13H,1-6H3,(H,22,23). The highest BCUT2D eigenvalue weighted by Gasteiger charge is 2.26. The summed E-state index contributed by atoms with van der Waals surface area (Å²) in [7, 11) is 4.52. The van der Waals surface area contributed by atoms with Gasteiger partial charge >= 0.3 is 7.82 Å². The number of phosphoric acid groups is 1. The topological polar surface area (TPSA) is 111 Å². The lowest BCUT2D eigenvalue weighted by Gasteiger charge is -2.17. The Balaban J connectivity index is 2.26. The van der Waals surface area contributed by atoms with Crippen molar-refractivity contribution < 1.29 is 41.9 Å². The normalized spacial score (nSPS) is 11.2. The molecule has 174 valence electrons. The van der Waals surface area contributed by atoms with E-state index in [4.69, 9.17) is 32.5 Å². The van der Waals surface area contributed by atoms with Crippen molar-refractivity contribution in [2.24, 2.45) is 0 Å². The summed E-state index contributed by atoms with van der Waals surface area (Å²) in [5, 5.41) is 2.68. The molecular weight excluding hydrogens is 441 g/mol. The quantitative estimate of drug-likeness (QED) is 0.385. The van der Waals surface area contributed by atoms with Gasteiger partial charge in [-0.1, -0.05) is 0 Å². The van der Waals surface area contributed by atoms with Crippen LogP contribution in [0, 0.1) is 0 Å². The van der Waals surface area contributed by atoms with Gasteiger partial charge in [0.05, 0.1) is 34.0 Å². The number of ether oxygens (including phenoxy) is 4. The number of anilines is 1. The Kier molecular flexibility index (Phi) is 8.95. The van der Waals surface area contributed by atoms with E-state index >= 15 is 0 Å². The van der Waals surface area contributed by atoms with Crippen LogP contribution in [-0.2, 0) is 18.4 Å². The maximum Gasteiger partial charge on any atom is 0.529 e. The van der Waals surface area contributed by atoms with Gasteiger partial charge in [-0.3, -0.25) is 13.8 Å². The number of carbonyl (C=O) groups excluding carboxylic acids is 1. The van der Waals surface area contributed by atoms with Crippen LogP contribution in [-0.4, -0.2) is 48.6 Å². The Hall–Kier alpha value is -3.20. The SMILES string of the molecule is COc1cc(OC)c(C=CC(=O)Nc2ccc(OC)c(OP(=O)(OC)OC)c2)c(OC)c1. The zero-order valence-corrected chi connectivity index (χ0v) is 19.6. The molecule has 0 aliphatic heterocycles. The lowest BCUT2D eigenvalue weighted by molar-refractivity contribution is -0.111. The minimum Gasteiger partial charge on any atom is -0.496 e. The molecule has 1 N–H and O–H groups in total. The first-order valence-corrected chi connectivity index (χ1v) is 10.7. The average Bonchev–Trinajstić information content (AvgIpc) is 2.82. The molecular formula is C21H26NO9P. The van der Waals surface area contributed by atoms with Gasteiger partial charge in [0.25, 0.3) is 0 Å². The van der Waals surface area contributed by atoms with Crippen molar-refractivity contribution in [3.8, 4) is 28.7 Å². The molecule has 0 radical (unpaired) electrons. The van der Waals surface area contributed by atoms with Crippen LogP contribution in [0.3, 0.4) is 0 Å². The zero-order valence-electron chi connectivity index (χ0n) is 18.7. The van der Waals surface area contributed by atoms with Crippen molar-refractivity contribution >= 4 is 25.5 Å². The summed E-state index contributed by atoms with van der Waals surface area (Å²) in [6.45, 7) is 0. The summed E-state index contributed by atoms with van der Waals surface area (Å²) in [5.74, 6) is 1.40. The number of hydrogen-bond donors (Lipinski definition) is 1. The average molecular weight is 467 g/mol. The monoisotopic (exact) mass is 467 g/mol. The van der Waals surface area contributed by atoms with Gasteiger partial charge in [0.15, 0.2) is 11.5 Å². The lowest BCUT2D eigenvalue weighted by atomic mass is 10.1. The van der Waals surface area contributed by atoms with Gasteiger partial charge in [0, 0.05) is 44.2 Å². The number of carbonyl (C=O) groups is 1. The van der Waals surface area contributed by atoms with E-state index < -0.39 is 13.7 Å². The molecule has 0 saturated carbocycles. The number of amides is 1. The summed E-state index contributed by atoms with van der Waals surface area (Å²) in [4.78, 5) is 12.5. The number of phosphoric ester groups is 1. The third kappa shape index (κ3) is 6.16. The van der Waals surface area contributed by atoms with E-state index in [-0.39, 0.29) is 11.5 Å². The fourth-order valence-corrected chi connectivity index (χ4v) is 3.32. The van der Waals surface area contributed by atoms with Crippen LogP contribution in [0.25, 0.3) is 6.08 Å². The van der Waals surface area contributed by atoms with Gasteiger partial charge in [-0.15, -0.1) is 0 Å². The molecule has 0 aromatic heterocycles. The molecule has 0 heterocycles. The molecule has 11 heteroatoms. The van der Waals surface area contributed by atoms with E-state index in [1.54, 1.807) is 30.3 Å². The first kappa shape index (κ1) is 25.1. The van der Waals surface area contributed by atoms with Gasteiger partial charge in [-0.25, -0.2) is 4.57 Å². The maximum absolute atomic E-state index is 12.5. The summed E-state index contributed by atoms with van der Waals surface area (Å²) >= 11 is 0. The van der Waals surface area contributed by atoms with E-state index in [9.17, 15) is 9.36 Å². The Labute approximate surface area is 186 Å². The third-order valence-electron chi connectivity index (χ3n) is 4.24. The molecule has 0 bridgehead atoms. The van der Waals surface area contributed by atoms with E-state index in [1.165, 1.54) is 54.8 Å². The van der Waals surface area contributed by atoms with Crippen molar-refractivity contribution in [1.29, 1.82) is 0 Å². The van der Waals surface area contributed by atoms with Crippen molar-refractivity contribution in [3.05, 3.63) is 42.0 Å². The molecule has 0 fully saturated rings. The molecule has 2 rings (SSSR count). The number of rotatable bonds is 11. The highest BCUT2D eigenvalue weighted by molar-refractivity contribution is 7.48. The molecule has 2 aromatic rings. The van der Waals surface area contributed by atoms with E-state index in [2.05, 4.69) is 5.32 Å². The fraction of sp³-hybridized carbons (Fsp3) is 0.286. The summed E-state index contributed by atoms with van der Waals surface area (Å²) in [5.41, 5.74) is 0.925. The number of hydrogen-bond acceptors (Lipinski definition) is 9. The molecule has 1 amide bonds. The Bertz CT molecular complexity index is 989. The van der Waals surface area contributed by atoms with E-state index in [1.807, 2.05) is 0 Å². The van der Waals surface area contributed by atoms with Crippen LogP contribution >= 0.6 is 7.82 Å². The smallest absolute Gasteiger partial charge is 0.496 e. The largest absolute Gasteiger partial charge is 0.529 e. The minimum atomic E-state index is -3.82. The third-order valence-corrected chi connectivity index (χ3v) is 5.56. The Morgan fingerprint density at radius 3 is 1.91 bits per heavy atom. The van der Waals surface area contributed by atoms with Gasteiger partial charge in [0.1, 0.15) is 17.2 Å². The summed E-state index contributed by atoms with van der Waals surface area (Å²) < 4.78 is 48.3. The van der Waals surface area contributed by atoms with Crippen LogP contribution in [0.15, 0.2) is 36.4 Å². The molecule has 0 spiro atoms. The highest BCUT2D eigenvalue weighted by atomic mass is 31.2. The van der Waals surface area contributed by atoms with Gasteiger partial charge in [0.2, 0.25) is 5.91 Å². The Morgan fingerprint density at radius 1 is 0.812 bits per heavy atom. The van der Waals surface area contributed by atoms with Gasteiger partial charge in [-0.05, 0) is 18.2 Å². The van der Waals surface area contributed by atoms with Gasteiger partial charge in [-0.2, -0.15) is 0 Å². The number of benzene rings is 2. The fourth-order valence-electron chi connectivity index (χ4n) is 2.64. The highest BCUT2D eigenvalue weighted by Crippen LogP contribution is 2.50. The van der Waals surface area contributed by atoms with Gasteiger partial charge < -0.3 is 28.8 Å². The second-order valence-corrected chi connectivity index (χ2v) is 7.84. The summed E-state index contributed by atoms with van der Waals surface area (Å²) in [6.07, 6.45) is 2.87. The van der Waals surface area contributed by atoms with E-state index in [0.29, 0.717) is 28.5 Å². The van der Waals surface area contributed by atoms with Crippen molar-refractivity contribution in [2.75, 3.05) is 48.0 Å². The zero-order chi connectivity index (χ0) is 23.7. The van der Waals surface area contributed by atoms with Crippen molar-refractivity contribution in [3.63, 3.8) is 0 Å². The first-order chi connectivity index (χ1) is 15.3. The summed E-state index contributed by atoms with van der Waals surface area (Å²) in [6, 6.07) is 7.92. The van der Waals surface area contributed by atoms with E-state index in [0.717, 1.165) is 0 Å². The molecule has 32 heavy (non-hydrogen) atoms. The molecule has 0 atom stereocenters. The second-order valence-electron chi connectivity index (χ2n) is 6.04. The first-order valence-electron chi connectivity index (χ1n) is 9.21. The second kappa shape index (κ2) is 11.4. The molecule has 10 nitrogen and oxygen atoms in total. The van der Waals surface area contributed by atoms with Crippen molar-refractivity contribution in [1.82, 2.24) is 0 Å². The molecule has 0 aliphatic carbocycles. The van der Waals surface area contributed by atoms with Crippen molar-refractivity contribution in [2.45, 2.75) is 0 Å². The molecule has 2 aromatic carbocycles. The molecule has 0 saturated heterocycles. The van der Waals surface area contributed by atoms with Crippen LogP contribution in [0.4, 0.5) is 5.69 Å². The maximum atomic E-state index is 12.5. The van der Waals surface area contributed by atoms with Crippen LogP contribution in [0.1, 0.15) is 5.56 Å². The lowest BCUT2D eigenvalue weighted by Crippen LogP contribution is -2.08. The Morgan fingerprint density at radius 2 is 1.41 bits per heavy atom. The van der Waals surface area contributed by atoms with Crippen LogP contribution in [0.5, 0.6) is 28.7 Å². The minimum absolute atomic E-state index is 0.0693. The number of methoxy groups -OCH3 is 4. The molecule has 0 unspecified atom stereocenters. The van der Waals surface area contributed by atoms with Crippen LogP contribution in [0.2, 0.25) is 0 Å². The predicted molar refractivity (Wildman–Crippen MR) is 119 cm³/mol. The predicted octanol–water partition coefficient (Wildman–Crippen LogP) is 4.15.